The van der Waals surface area contributed by atoms with Crippen LogP contribution in [-0.4, -0.2) is 30.9 Å². The predicted molar refractivity (Wildman–Crippen MR) is 66.3 cm³/mol. The van der Waals surface area contributed by atoms with E-state index in [1.54, 1.807) is 31.4 Å². The second-order valence-corrected chi connectivity index (χ2v) is 3.61. The number of benzene rings is 1. The Morgan fingerprint density at radius 1 is 1.41 bits per heavy atom. The van der Waals surface area contributed by atoms with Gasteiger partial charge in [0.2, 0.25) is 0 Å². The Hall–Kier alpha value is -1.75. The van der Waals surface area contributed by atoms with Crippen LogP contribution >= 0.6 is 0 Å². The lowest BCUT2D eigenvalue weighted by Crippen LogP contribution is -2.39. The molecule has 1 unspecified atom stereocenters. The number of amides is 2. The SMILES string of the molecule is CCC(CO)NC(=O)Nc1ccc(OC)cc1. The molecule has 0 heterocycles. The van der Waals surface area contributed by atoms with Crippen LogP contribution in [0.5, 0.6) is 5.75 Å². The summed E-state index contributed by atoms with van der Waals surface area (Å²) in [7, 11) is 1.59. The number of ether oxygens (including phenoxy) is 1. The Balaban J connectivity index is 2.49. The number of methoxy groups -OCH3 is 1. The van der Waals surface area contributed by atoms with Gasteiger partial charge in [-0.25, -0.2) is 4.79 Å². The van der Waals surface area contributed by atoms with Gasteiger partial charge in [-0.3, -0.25) is 0 Å². The number of carbonyl (C=O) groups excluding carboxylic acids is 1. The van der Waals surface area contributed by atoms with Crippen LogP contribution in [-0.2, 0) is 0 Å². The average molecular weight is 238 g/mol. The third-order valence-electron chi connectivity index (χ3n) is 2.40. The molecule has 0 saturated heterocycles. The molecule has 1 atom stereocenters. The fourth-order valence-corrected chi connectivity index (χ4v) is 1.30. The number of urea groups is 1. The van der Waals surface area contributed by atoms with Crippen LogP contribution in [0.3, 0.4) is 0 Å². The van der Waals surface area contributed by atoms with Crippen LogP contribution in [0.25, 0.3) is 0 Å². The number of carbonyl (C=O) groups is 1. The van der Waals surface area contributed by atoms with E-state index < -0.39 is 0 Å². The molecular weight excluding hydrogens is 220 g/mol. The molecule has 0 aliphatic heterocycles. The monoisotopic (exact) mass is 238 g/mol. The third kappa shape index (κ3) is 4.32. The standard InChI is InChI=1S/C12H18N2O3/c1-3-9(8-15)13-12(16)14-10-4-6-11(17-2)7-5-10/h4-7,9,15H,3,8H2,1-2H3,(H2,13,14,16). The number of aliphatic hydroxyl groups is 1. The van der Waals surface area contributed by atoms with Gasteiger partial charge < -0.3 is 20.5 Å². The van der Waals surface area contributed by atoms with E-state index in [1.807, 2.05) is 6.92 Å². The maximum absolute atomic E-state index is 11.5. The van der Waals surface area contributed by atoms with E-state index in [0.29, 0.717) is 12.1 Å². The molecule has 3 N–H and O–H groups in total. The summed E-state index contributed by atoms with van der Waals surface area (Å²) < 4.78 is 5.01. The molecule has 5 nitrogen and oxygen atoms in total. The maximum Gasteiger partial charge on any atom is 0.319 e. The minimum absolute atomic E-state index is 0.0630. The lowest BCUT2D eigenvalue weighted by Gasteiger charge is -2.14. The predicted octanol–water partition coefficient (Wildman–Crippen LogP) is 1.59. The highest BCUT2D eigenvalue weighted by Gasteiger charge is 2.08. The van der Waals surface area contributed by atoms with Crippen LogP contribution < -0.4 is 15.4 Å². The molecule has 0 radical (unpaired) electrons. The van der Waals surface area contributed by atoms with Crippen molar-refractivity contribution in [3.05, 3.63) is 24.3 Å². The highest BCUT2D eigenvalue weighted by molar-refractivity contribution is 5.89. The summed E-state index contributed by atoms with van der Waals surface area (Å²) in [5, 5.41) is 14.3. The number of anilines is 1. The molecule has 0 spiro atoms. The second-order valence-electron chi connectivity index (χ2n) is 3.61. The Morgan fingerprint density at radius 3 is 2.53 bits per heavy atom. The number of hydrogen-bond acceptors (Lipinski definition) is 3. The fourth-order valence-electron chi connectivity index (χ4n) is 1.30. The van der Waals surface area contributed by atoms with Crippen LogP contribution in [0.2, 0.25) is 0 Å². The van der Waals surface area contributed by atoms with Gasteiger partial charge in [0.1, 0.15) is 5.75 Å². The molecule has 0 bridgehead atoms. The highest BCUT2D eigenvalue weighted by Crippen LogP contribution is 2.14. The van der Waals surface area contributed by atoms with E-state index in [-0.39, 0.29) is 18.7 Å². The largest absolute Gasteiger partial charge is 0.497 e. The van der Waals surface area contributed by atoms with E-state index in [4.69, 9.17) is 9.84 Å². The smallest absolute Gasteiger partial charge is 0.319 e. The van der Waals surface area contributed by atoms with E-state index >= 15 is 0 Å². The van der Waals surface area contributed by atoms with Crippen molar-refractivity contribution in [3.63, 3.8) is 0 Å². The summed E-state index contributed by atoms with van der Waals surface area (Å²) in [6, 6.07) is 6.48. The first-order valence-corrected chi connectivity index (χ1v) is 5.52. The van der Waals surface area contributed by atoms with Crippen LogP contribution in [0.1, 0.15) is 13.3 Å². The van der Waals surface area contributed by atoms with E-state index in [9.17, 15) is 4.79 Å². The van der Waals surface area contributed by atoms with Gasteiger partial charge in [-0.2, -0.15) is 0 Å². The Morgan fingerprint density at radius 2 is 2.06 bits per heavy atom. The molecule has 0 fully saturated rings. The number of aliphatic hydroxyl groups excluding tert-OH is 1. The van der Waals surface area contributed by atoms with Crippen LogP contribution in [0.15, 0.2) is 24.3 Å². The van der Waals surface area contributed by atoms with Gasteiger partial charge in [0.15, 0.2) is 0 Å². The van der Waals surface area contributed by atoms with Gasteiger partial charge in [-0.1, -0.05) is 6.92 Å². The van der Waals surface area contributed by atoms with Crippen molar-refractivity contribution in [1.82, 2.24) is 5.32 Å². The summed E-state index contributed by atoms with van der Waals surface area (Å²) in [5.74, 6) is 0.734. The Labute approximate surface area is 101 Å². The maximum atomic E-state index is 11.5. The zero-order valence-corrected chi connectivity index (χ0v) is 10.1. The quantitative estimate of drug-likeness (QED) is 0.729. The van der Waals surface area contributed by atoms with E-state index in [0.717, 1.165) is 5.75 Å². The van der Waals surface area contributed by atoms with Crippen molar-refractivity contribution in [1.29, 1.82) is 0 Å². The molecule has 0 aliphatic carbocycles. The fraction of sp³-hybridized carbons (Fsp3) is 0.417. The molecule has 2 amide bonds. The lowest BCUT2D eigenvalue weighted by atomic mass is 10.2. The van der Waals surface area contributed by atoms with Gasteiger partial charge >= 0.3 is 6.03 Å². The van der Waals surface area contributed by atoms with E-state index in [1.165, 1.54) is 0 Å². The molecular formula is C12H18N2O3. The molecule has 0 aliphatic rings. The second kappa shape index (κ2) is 6.75. The number of rotatable bonds is 5. The Kier molecular flexibility index (Phi) is 5.29. The molecule has 1 aromatic rings. The molecule has 17 heavy (non-hydrogen) atoms. The van der Waals surface area contributed by atoms with Crippen molar-refractivity contribution in [2.75, 3.05) is 19.0 Å². The van der Waals surface area contributed by atoms with Crippen LogP contribution in [0, 0.1) is 0 Å². The zero-order chi connectivity index (χ0) is 12.7. The normalized spacial score (nSPS) is 11.7. The lowest BCUT2D eigenvalue weighted by molar-refractivity contribution is 0.222. The van der Waals surface area contributed by atoms with Gasteiger partial charge in [0.25, 0.3) is 0 Å². The van der Waals surface area contributed by atoms with Crippen molar-refractivity contribution in [3.8, 4) is 5.75 Å². The van der Waals surface area contributed by atoms with Crippen molar-refractivity contribution in [2.24, 2.45) is 0 Å². The number of hydrogen-bond donors (Lipinski definition) is 3. The molecule has 1 rings (SSSR count). The first-order chi connectivity index (χ1) is 8.19. The molecule has 94 valence electrons. The third-order valence-corrected chi connectivity index (χ3v) is 2.40. The van der Waals surface area contributed by atoms with Crippen molar-refractivity contribution < 1.29 is 14.6 Å². The summed E-state index contributed by atoms with van der Waals surface area (Å²) in [4.78, 5) is 11.5. The highest BCUT2D eigenvalue weighted by atomic mass is 16.5. The molecule has 1 aromatic carbocycles. The number of nitrogens with one attached hydrogen (secondary N) is 2. The van der Waals surface area contributed by atoms with Gasteiger partial charge in [0.05, 0.1) is 19.8 Å². The topological polar surface area (TPSA) is 70.6 Å². The molecule has 0 saturated carbocycles. The van der Waals surface area contributed by atoms with Gasteiger partial charge in [-0.15, -0.1) is 0 Å². The zero-order valence-electron chi connectivity index (χ0n) is 10.1. The summed E-state index contributed by atoms with van der Waals surface area (Å²) in [6.45, 7) is 1.83. The molecule has 5 heteroatoms. The minimum atomic E-state index is -0.323. The molecule has 0 aromatic heterocycles. The average Bonchev–Trinajstić information content (AvgIpc) is 2.37. The van der Waals surface area contributed by atoms with Crippen molar-refractivity contribution in [2.45, 2.75) is 19.4 Å². The van der Waals surface area contributed by atoms with Gasteiger partial charge in [0, 0.05) is 5.69 Å². The summed E-state index contributed by atoms with van der Waals surface area (Å²) in [5.41, 5.74) is 0.677. The van der Waals surface area contributed by atoms with Crippen LogP contribution in [0.4, 0.5) is 10.5 Å². The summed E-state index contributed by atoms with van der Waals surface area (Å²) in [6.07, 6.45) is 0.687. The first-order valence-electron chi connectivity index (χ1n) is 5.52. The summed E-state index contributed by atoms with van der Waals surface area (Å²) >= 11 is 0. The van der Waals surface area contributed by atoms with Crippen molar-refractivity contribution >= 4 is 11.7 Å². The Bertz CT molecular complexity index is 347. The minimum Gasteiger partial charge on any atom is -0.497 e. The first kappa shape index (κ1) is 13.3. The van der Waals surface area contributed by atoms with Gasteiger partial charge in [-0.05, 0) is 30.7 Å². The van der Waals surface area contributed by atoms with E-state index in [2.05, 4.69) is 10.6 Å².